The van der Waals surface area contributed by atoms with E-state index >= 15 is 0 Å². The van der Waals surface area contributed by atoms with Gasteiger partial charge in [0.2, 0.25) is 23.6 Å². The maximum absolute atomic E-state index is 11.8. The second-order valence-electron chi connectivity index (χ2n) is 4.51. The van der Waals surface area contributed by atoms with Gasteiger partial charge in [0.25, 0.3) is 0 Å². The number of nitrogens with zero attached hydrogens (tertiary/aromatic N) is 1. The minimum Gasteiger partial charge on any atom is -0.355 e. The number of likely N-dealkylation sites (N-methyl/N-ethyl adjacent to an activating group) is 1. The monoisotopic (exact) mass is 284 g/mol. The summed E-state index contributed by atoms with van der Waals surface area (Å²) in [4.78, 5) is 46.6. The van der Waals surface area contributed by atoms with Gasteiger partial charge < -0.3 is 16.0 Å². The van der Waals surface area contributed by atoms with Gasteiger partial charge in [-0.25, -0.2) is 0 Å². The third-order valence-electron chi connectivity index (χ3n) is 2.98. The average Bonchev–Trinajstić information content (AvgIpc) is 2.67. The molecule has 0 bridgehead atoms. The van der Waals surface area contributed by atoms with Gasteiger partial charge in [-0.2, -0.15) is 0 Å². The highest BCUT2D eigenvalue weighted by molar-refractivity contribution is 6.05. The molecule has 1 unspecified atom stereocenters. The molecule has 8 nitrogen and oxygen atoms in total. The van der Waals surface area contributed by atoms with Crippen molar-refractivity contribution in [2.75, 3.05) is 26.7 Å². The summed E-state index contributed by atoms with van der Waals surface area (Å²) < 4.78 is 0. The summed E-state index contributed by atoms with van der Waals surface area (Å²) in [5.41, 5.74) is 0. The maximum atomic E-state index is 11.8. The second kappa shape index (κ2) is 7.59. The smallest absolute Gasteiger partial charge is 0.246 e. The van der Waals surface area contributed by atoms with Gasteiger partial charge in [-0.05, 0) is 7.05 Å². The van der Waals surface area contributed by atoms with Gasteiger partial charge in [-0.3, -0.25) is 24.1 Å². The van der Waals surface area contributed by atoms with Crippen LogP contribution in [0.4, 0.5) is 0 Å². The van der Waals surface area contributed by atoms with Crippen molar-refractivity contribution in [3.8, 4) is 0 Å². The van der Waals surface area contributed by atoms with E-state index in [4.69, 9.17) is 0 Å². The molecule has 0 aromatic heterocycles. The lowest BCUT2D eigenvalue weighted by Gasteiger charge is -2.14. The zero-order valence-corrected chi connectivity index (χ0v) is 11.7. The second-order valence-corrected chi connectivity index (χ2v) is 4.51. The number of imide groups is 1. The lowest BCUT2D eigenvalue weighted by Crippen LogP contribution is -2.40. The fourth-order valence-corrected chi connectivity index (χ4v) is 1.89. The summed E-state index contributed by atoms with van der Waals surface area (Å²) in [5.74, 6) is -0.974. The number of carbonyl (C=O) groups is 4. The first kappa shape index (κ1) is 16.1. The zero-order chi connectivity index (χ0) is 15.1. The van der Waals surface area contributed by atoms with E-state index in [9.17, 15) is 19.2 Å². The predicted octanol–water partition coefficient (Wildman–Crippen LogP) is -2.02. The Kier molecular flexibility index (Phi) is 6.10. The van der Waals surface area contributed by atoms with Crippen molar-refractivity contribution in [2.45, 2.75) is 25.8 Å². The molecule has 0 aromatic carbocycles. The molecule has 20 heavy (non-hydrogen) atoms. The Bertz CT molecular complexity index is 410. The number of hydrogen-bond donors (Lipinski definition) is 3. The first-order valence-corrected chi connectivity index (χ1v) is 6.48. The molecule has 112 valence electrons. The first-order valence-electron chi connectivity index (χ1n) is 6.48. The van der Waals surface area contributed by atoms with E-state index in [-0.39, 0.29) is 43.0 Å². The van der Waals surface area contributed by atoms with E-state index in [0.29, 0.717) is 13.1 Å². The molecule has 1 fully saturated rings. The highest BCUT2D eigenvalue weighted by atomic mass is 16.2. The Morgan fingerprint density at radius 2 is 1.90 bits per heavy atom. The van der Waals surface area contributed by atoms with Crippen LogP contribution in [0.25, 0.3) is 0 Å². The molecule has 1 heterocycles. The fraction of sp³-hybridized carbons (Fsp3) is 0.667. The minimum absolute atomic E-state index is 0.0635. The van der Waals surface area contributed by atoms with Gasteiger partial charge in [-0.15, -0.1) is 0 Å². The molecule has 1 aliphatic rings. The Morgan fingerprint density at radius 1 is 1.25 bits per heavy atom. The Hall–Kier alpha value is -1.96. The highest BCUT2D eigenvalue weighted by Crippen LogP contribution is 2.12. The third-order valence-corrected chi connectivity index (χ3v) is 2.98. The van der Waals surface area contributed by atoms with Crippen LogP contribution in [0.15, 0.2) is 0 Å². The van der Waals surface area contributed by atoms with E-state index in [1.807, 2.05) is 0 Å². The normalized spacial score (nSPS) is 18.3. The van der Waals surface area contributed by atoms with Crippen LogP contribution in [-0.4, -0.2) is 61.3 Å². The standard InChI is InChI=1S/C12H20N4O4/c1-8(17)14-4-5-15-10(18)3-6-16-11(19)7-9(13-2)12(16)20/h9,13H,3-7H2,1-2H3,(H,14,17)(H,15,18). The molecule has 0 aromatic rings. The Balaban J connectivity index is 2.25. The van der Waals surface area contributed by atoms with Gasteiger partial charge >= 0.3 is 0 Å². The first-order chi connectivity index (χ1) is 9.45. The number of carbonyl (C=O) groups excluding carboxylic acids is 4. The molecule has 1 atom stereocenters. The van der Waals surface area contributed by atoms with Crippen LogP contribution in [0.5, 0.6) is 0 Å². The summed E-state index contributed by atoms with van der Waals surface area (Å²) >= 11 is 0. The molecule has 1 aliphatic heterocycles. The number of amides is 4. The van der Waals surface area contributed by atoms with Crippen LogP contribution in [0.2, 0.25) is 0 Å². The quantitative estimate of drug-likeness (QED) is 0.369. The van der Waals surface area contributed by atoms with E-state index in [2.05, 4.69) is 16.0 Å². The number of nitrogens with one attached hydrogen (secondary N) is 3. The Labute approximate surface area is 117 Å². The highest BCUT2D eigenvalue weighted by Gasteiger charge is 2.37. The average molecular weight is 284 g/mol. The predicted molar refractivity (Wildman–Crippen MR) is 70.5 cm³/mol. The molecule has 0 aliphatic carbocycles. The summed E-state index contributed by atoms with van der Waals surface area (Å²) in [6.07, 6.45) is 0.202. The Morgan fingerprint density at radius 3 is 2.45 bits per heavy atom. The van der Waals surface area contributed by atoms with E-state index in [1.54, 1.807) is 7.05 Å². The SMILES string of the molecule is CNC1CC(=O)N(CCC(=O)NCCNC(C)=O)C1=O. The van der Waals surface area contributed by atoms with Gasteiger partial charge in [0.05, 0.1) is 12.5 Å². The molecular weight excluding hydrogens is 264 g/mol. The number of likely N-dealkylation sites (tertiary alicyclic amines) is 1. The summed E-state index contributed by atoms with van der Waals surface area (Å²) in [5, 5.41) is 7.90. The van der Waals surface area contributed by atoms with Crippen molar-refractivity contribution in [1.29, 1.82) is 0 Å². The van der Waals surface area contributed by atoms with Crippen molar-refractivity contribution in [3.63, 3.8) is 0 Å². The van der Waals surface area contributed by atoms with Crippen LogP contribution in [0, 0.1) is 0 Å². The molecule has 0 saturated carbocycles. The summed E-state index contributed by atoms with van der Waals surface area (Å²) in [6, 6.07) is -0.481. The van der Waals surface area contributed by atoms with Gasteiger partial charge in [0.1, 0.15) is 0 Å². The van der Waals surface area contributed by atoms with E-state index < -0.39 is 6.04 Å². The lowest BCUT2D eigenvalue weighted by atomic mass is 10.2. The topological polar surface area (TPSA) is 108 Å². The number of rotatable bonds is 7. The van der Waals surface area contributed by atoms with Crippen LogP contribution < -0.4 is 16.0 Å². The maximum Gasteiger partial charge on any atom is 0.246 e. The van der Waals surface area contributed by atoms with Crippen molar-refractivity contribution < 1.29 is 19.2 Å². The van der Waals surface area contributed by atoms with Gasteiger partial charge in [0, 0.05) is 33.0 Å². The molecule has 0 radical (unpaired) electrons. The van der Waals surface area contributed by atoms with Crippen molar-refractivity contribution >= 4 is 23.6 Å². The van der Waals surface area contributed by atoms with Gasteiger partial charge in [-0.1, -0.05) is 0 Å². The minimum atomic E-state index is -0.481. The summed E-state index contributed by atoms with van der Waals surface area (Å²) in [7, 11) is 1.62. The van der Waals surface area contributed by atoms with Crippen molar-refractivity contribution in [1.82, 2.24) is 20.9 Å². The summed E-state index contributed by atoms with van der Waals surface area (Å²) in [6.45, 7) is 2.15. The molecule has 3 N–H and O–H groups in total. The molecule has 8 heteroatoms. The molecule has 4 amide bonds. The van der Waals surface area contributed by atoms with Crippen LogP contribution in [-0.2, 0) is 19.2 Å². The van der Waals surface area contributed by atoms with Crippen LogP contribution >= 0.6 is 0 Å². The van der Waals surface area contributed by atoms with E-state index in [0.717, 1.165) is 4.90 Å². The molecule has 0 spiro atoms. The van der Waals surface area contributed by atoms with E-state index in [1.165, 1.54) is 6.92 Å². The lowest BCUT2D eigenvalue weighted by molar-refractivity contribution is -0.139. The fourth-order valence-electron chi connectivity index (χ4n) is 1.89. The largest absolute Gasteiger partial charge is 0.355 e. The third kappa shape index (κ3) is 4.61. The molecule has 1 saturated heterocycles. The van der Waals surface area contributed by atoms with Crippen LogP contribution in [0.3, 0.4) is 0 Å². The van der Waals surface area contributed by atoms with Crippen molar-refractivity contribution in [2.24, 2.45) is 0 Å². The van der Waals surface area contributed by atoms with Gasteiger partial charge in [0.15, 0.2) is 0 Å². The molecule has 1 rings (SSSR count). The zero-order valence-electron chi connectivity index (χ0n) is 11.7. The molecular formula is C12H20N4O4. The van der Waals surface area contributed by atoms with Crippen molar-refractivity contribution in [3.05, 3.63) is 0 Å². The van der Waals surface area contributed by atoms with Crippen LogP contribution in [0.1, 0.15) is 19.8 Å². The number of hydrogen-bond acceptors (Lipinski definition) is 5.